The summed E-state index contributed by atoms with van der Waals surface area (Å²) in [5, 5.41) is 22.2. The molecule has 3 rings (SSSR count). The number of aliphatic carboxylic acids is 1. The van der Waals surface area contributed by atoms with Crippen LogP contribution in [0.25, 0.3) is 10.8 Å². The number of fused-ring (bicyclic) bond motifs is 1. The van der Waals surface area contributed by atoms with Crippen molar-refractivity contribution in [1.82, 2.24) is 5.32 Å². The molecule has 0 aliphatic rings. The third-order valence-corrected chi connectivity index (χ3v) is 4.69. The SMILES string of the molecule is C.C[C@H](NC(=O)CC(=O)Nc1ccc(C(=N)N)cc1)c1ccc2ccccc2c1.O=C(O)C(F)(F)F. The fourth-order valence-corrected chi connectivity index (χ4v) is 2.94. The number of hydrogen-bond acceptors (Lipinski definition) is 4. The first kappa shape index (κ1) is 29.6. The summed E-state index contributed by atoms with van der Waals surface area (Å²) in [5.74, 6) is -3.55. The molecule has 0 aromatic heterocycles. The van der Waals surface area contributed by atoms with Gasteiger partial charge in [-0.15, -0.1) is 0 Å². The lowest BCUT2D eigenvalue weighted by molar-refractivity contribution is -0.192. The topological polar surface area (TPSA) is 145 Å². The molecular weight excluding hydrogens is 477 g/mol. The minimum Gasteiger partial charge on any atom is -0.475 e. The number of nitrogens with one attached hydrogen (secondary N) is 3. The average molecular weight is 505 g/mol. The van der Waals surface area contributed by atoms with Crippen LogP contribution in [0.3, 0.4) is 0 Å². The summed E-state index contributed by atoms with van der Waals surface area (Å²) >= 11 is 0. The van der Waals surface area contributed by atoms with Gasteiger partial charge in [-0.05, 0) is 53.6 Å². The van der Waals surface area contributed by atoms with Crippen molar-refractivity contribution in [1.29, 1.82) is 5.41 Å². The number of carboxylic acids is 1. The lowest BCUT2D eigenvalue weighted by atomic mass is 10.0. The molecule has 8 nitrogen and oxygen atoms in total. The molecule has 0 heterocycles. The van der Waals surface area contributed by atoms with Crippen molar-refractivity contribution in [2.75, 3.05) is 5.32 Å². The Bertz CT molecular complexity index is 1230. The summed E-state index contributed by atoms with van der Waals surface area (Å²) in [6.45, 7) is 1.89. The molecule has 0 unspecified atom stereocenters. The first-order valence-electron chi connectivity index (χ1n) is 10.2. The Morgan fingerprint density at radius 2 is 1.53 bits per heavy atom. The number of alkyl halides is 3. The molecule has 0 fully saturated rings. The van der Waals surface area contributed by atoms with E-state index >= 15 is 0 Å². The maximum Gasteiger partial charge on any atom is 0.490 e. The van der Waals surface area contributed by atoms with Gasteiger partial charge >= 0.3 is 12.1 Å². The minimum atomic E-state index is -5.08. The first-order chi connectivity index (χ1) is 16.4. The van der Waals surface area contributed by atoms with Gasteiger partial charge in [0, 0.05) is 11.3 Å². The van der Waals surface area contributed by atoms with E-state index in [4.69, 9.17) is 21.0 Å². The normalized spacial score (nSPS) is 11.2. The first-order valence-corrected chi connectivity index (χ1v) is 10.2. The summed E-state index contributed by atoms with van der Waals surface area (Å²) in [6.07, 6.45) is -5.35. The van der Waals surface area contributed by atoms with E-state index in [1.165, 1.54) is 0 Å². The van der Waals surface area contributed by atoms with Crippen LogP contribution < -0.4 is 16.4 Å². The van der Waals surface area contributed by atoms with Crippen molar-refractivity contribution in [2.45, 2.75) is 33.0 Å². The van der Waals surface area contributed by atoms with Crippen LogP contribution in [0.4, 0.5) is 18.9 Å². The summed E-state index contributed by atoms with van der Waals surface area (Å²) in [6, 6.07) is 20.4. The molecule has 0 radical (unpaired) electrons. The molecule has 3 aromatic rings. The zero-order valence-corrected chi connectivity index (χ0v) is 18.5. The Kier molecular flexibility index (Phi) is 10.6. The maximum atomic E-state index is 12.2. The van der Waals surface area contributed by atoms with Gasteiger partial charge < -0.3 is 21.5 Å². The smallest absolute Gasteiger partial charge is 0.475 e. The largest absolute Gasteiger partial charge is 0.490 e. The van der Waals surface area contributed by atoms with Gasteiger partial charge in [0.05, 0.1) is 6.04 Å². The Morgan fingerprint density at radius 1 is 0.972 bits per heavy atom. The number of carboxylic acid groups (broad SMARTS) is 1. The number of carbonyl (C=O) groups excluding carboxylic acids is 2. The second-order valence-electron chi connectivity index (χ2n) is 7.41. The van der Waals surface area contributed by atoms with Crippen molar-refractivity contribution in [3.63, 3.8) is 0 Å². The second kappa shape index (κ2) is 12.9. The van der Waals surface area contributed by atoms with E-state index in [1.807, 2.05) is 49.4 Å². The highest BCUT2D eigenvalue weighted by atomic mass is 19.4. The van der Waals surface area contributed by atoms with Gasteiger partial charge in [0.2, 0.25) is 11.8 Å². The van der Waals surface area contributed by atoms with Crippen molar-refractivity contribution < 1.29 is 32.7 Å². The number of halogens is 3. The number of carbonyl (C=O) groups is 3. The number of amidine groups is 1. The second-order valence-corrected chi connectivity index (χ2v) is 7.41. The van der Waals surface area contributed by atoms with Crippen molar-refractivity contribution in [3.05, 3.63) is 77.9 Å². The van der Waals surface area contributed by atoms with E-state index in [0.717, 1.165) is 16.3 Å². The Hall–Kier alpha value is -4.41. The van der Waals surface area contributed by atoms with Gasteiger partial charge in [0.15, 0.2) is 0 Å². The molecule has 6 N–H and O–H groups in total. The van der Waals surface area contributed by atoms with E-state index in [9.17, 15) is 22.8 Å². The van der Waals surface area contributed by atoms with E-state index in [0.29, 0.717) is 11.3 Å². The Morgan fingerprint density at radius 3 is 2.06 bits per heavy atom. The van der Waals surface area contributed by atoms with Crippen LogP contribution in [-0.4, -0.2) is 34.9 Å². The number of nitrogens with two attached hydrogens (primary N) is 1. The number of anilines is 1. The van der Waals surface area contributed by atoms with Gasteiger partial charge in [0.1, 0.15) is 12.3 Å². The molecule has 0 saturated carbocycles. The highest BCUT2D eigenvalue weighted by molar-refractivity contribution is 6.04. The Labute approximate surface area is 205 Å². The van der Waals surface area contributed by atoms with Gasteiger partial charge in [0.25, 0.3) is 0 Å². The molecule has 0 saturated heterocycles. The molecule has 36 heavy (non-hydrogen) atoms. The Balaban J connectivity index is 0.000000712. The van der Waals surface area contributed by atoms with Gasteiger partial charge in [-0.3, -0.25) is 15.0 Å². The van der Waals surface area contributed by atoms with Crippen LogP contribution in [0.15, 0.2) is 66.7 Å². The molecule has 1 atom stereocenters. The lowest BCUT2D eigenvalue weighted by Gasteiger charge is -2.15. The van der Waals surface area contributed by atoms with Crippen molar-refractivity contribution in [2.24, 2.45) is 5.73 Å². The van der Waals surface area contributed by atoms with E-state index in [2.05, 4.69) is 10.6 Å². The zero-order chi connectivity index (χ0) is 26.2. The van der Waals surface area contributed by atoms with E-state index in [1.54, 1.807) is 24.3 Å². The summed E-state index contributed by atoms with van der Waals surface area (Å²) < 4.78 is 31.7. The number of amides is 2. The molecule has 2 amide bonds. The number of hydrogen-bond donors (Lipinski definition) is 5. The summed E-state index contributed by atoms with van der Waals surface area (Å²) in [7, 11) is 0. The quantitative estimate of drug-likeness (QED) is 0.189. The van der Waals surface area contributed by atoms with Crippen molar-refractivity contribution in [3.8, 4) is 0 Å². The number of benzene rings is 3. The van der Waals surface area contributed by atoms with Crippen LogP contribution in [0.2, 0.25) is 0 Å². The third kappa shape index (κ3) is 9.09. The molecule has 0 aliphatic heterocycles. The lowest BCUT2D eigenvalue weighted by Crippen LogP contribution is -2.30. The zero-order valence-electron chi connectivity index (χ0n) is 18.5. The van der Waals surface area contributed by atoms with Gasteiger partial charge in [-0.2, -0.15) is 13.2 Å². The predicted octanol–water partition coefficient (Wildman–Crippen LogP) is 4.60. The molecule has 0 aliphatic carbocycles. The fourth-order valence-electron chi connectivity index (χ4n) is 2.94. The van der Waals surface area contributed by atoms with E-state index < -0.39 is 18.1 Å². The highest BCUT2D eigenvalue weighted by Gasteiger charge is 2.38. The van der Waals surface area contributed by atoms with Crippen LogP contribution in [-0.2, 0) is 14.4 Å². The molecule has 11 heteroatoms. The summed E-state index contributed by atoms with van der Waals surface area (Å²) in [4.78, 5) is 33.2. The van der Waals surface area contributed by atoms with Crippen LogP contribution in [0.5, 0.6) is 0 Å². The number of rotatable bonds is 6. The fraction of sp³-hybridized carbons (Fsp3) is 0.200. The van der Waals surface area contributed by atoms with Gasteiger partial charge in [-0.1, -0.05) is 43.8 Å². The average Bonchev–Trinajstić information content (AvgIpc) is 2.78. The molecular formula is C25H27F3N4O4. The predicted molar refractivity (Wildman–Crippen MR) is 132 cm³/mol. The standard InChI is InChI=1S/C22H22N4O2.C2HF3O2.CH4/c1-14(17-7-6-15-4-2-3-5-18(15)12-17)25-20(27)13-21(28)26-19-10-8-16(9-11-19)22(23)24;3-2(4,5)1(6)7;/h2-12,14H,13H2,1H3,(H3,23,24)(H,25,27)(H,26,28);(H,6,7);1H4/t14-;;/m0../s1. The van der Waals surface area contributed by atoms with Crippen molar-refractivity contribution >= 4 is 40.1 Å². The van der Waals surface area contributed by atoms with Gasteiger partial charge in [-0.25, -0.2) is 4.79 Å². The monoisotopic (exact) mass is 504 g/mol. The molecule has 3 aromatic carbocycles. The van der Waals surface area contributed by atoms with E-state index in [-0.39, 0.29) is 31.6 Å². The number of nitrogen functional groups attached to an aromatic ring is 1. The maximum absolute atomic E-state index is 12.2. The third-order valence-electron chi connectivity index (χ3n) is 4.69. The highest BCUT2D eigenvalue weighted by Crippen LogP contribution is 2.20. The summed E-state index contributed by atoms with van der Waals surface area (Å²) in [5.41, 5.74) is 7.49. The minimum absolute atomic E-state index is 0. The molecule has 192 valence electrons. The molecule has 0 bridgehead atoms. The molecule has 0 spiro atoms. The van der Waals surface area contributed by atoms with Crippen LogP contribution in [0, 0.1) is 5.41 Å². The van der Waals surface area contributed by atoms with Crippen LogP contribution >= 0.6 is 0 Å². The van der Waals surface area contributed by atoms with Crippen LogP contribution in [0.1, 0.15) is 37.9 Å².